The number of aromatic nitrogens is 3. The van der Waals surface area contributed by atoms with Crippen LogP contribution in [0.3, 0.4) is 0 Å². The molecule has 24 heavy (non-hydrogen) atoms. The number of nitrogens with one attached hydrogen (secondary N) is 1. The number of thiazole rings is 1. The molecule has 0 fully saturated rings. The van der Waals surface area contributed by atoms with Crippen molar-refractivity contribution < 1.29 is 19.2 Å². The van der Waals surface area contributed by atoms with Gasteiger partial charge in [0.05, 0.1) is 21.7 Å². The van der Waals surface area contributed by atoms with Gasteiger partial charge in [0.1, 0.15) is 0 Å². The normalized spacial score (nSPS) is 10.9. The second-order valence-corrected chi connectivity index (χ2v) is 6.14. The Morgan fingerprint density at radius 3 is 2.83 bits per heavy atom. The maximum Gasteiger partial charge on any atom is 0.355 e. The van der Waals surface area contributed by atoms with Crippen molar-refractivity contribution in [2.45, 2.75) is 20.3 Å². The van der Waals surface area contributed by atoms with Gasteiger partial charge >= 0.3 is 5.97 Å². The molecule has 0 aliphatic carbocycles. The standard InChI is InChI=1S/C15H14N4O4S/c1-7-5-9(12-8(2)19-23-14(12)17-7)13(20)16-4-3-11-18-10(6-24-11)15(21)22/h5-6H,3-4H2,1-2H3,(H,16,20)(H,21,22). The molecule has 3 aromatic rings. The van der Waals surface area contributed by atoms with Crippen LogP contribution in [-0.2, 0) is 6.42 Å². The van der Waals surface area contributed by atoms with Crippen LogP contribution in [-0.4, -0.2) is 38.7 Å². The number of pyridine rings is 1. The molecule has 124 valence electrons. The minimum Gasteiger partial charge on any atom is -0.476 e. The van der Waals surface area contributed by atoms with E-state index in [0.29, 0.717) is 46.0 Å². The molecule has 3 aromatic heterocycles. The molecule has 0 aromatic carbocycles. The quantitative estimate of drug-likeness (QED) is 0.725. The number of hydrogen-bond acceptors (Lipinski definition) is 7. The Labute approximate surface area is 140 Å². The fourth-order valence-electron chi connectivity index (χ4n) is 2.30. The number of fused-ring (bicyclic) bond motifs is 1. The summed E-state index contributed by atoms with van der Waals surface area (Å²) in [6, 6.07) is 1.69. The summed E-state index contributed by atoms with van der Waals surface area (Å²) in [7, 11) is 0. The number of aromatic carboxylic acids is 1. The van der Waals surface area contributed by atoms with E-state index in [-0.39, 0.29) is 11.6 Å². The molecular formula is C15H14N4O4S. The highest BCUT2D eigenvalue weighted by Gasteiger charge is 2.17. The summed E-state index contributed by atoms with van der Waals surface area (Å²) in [4.78, 5) is 31.4. The van der Waals surface area contributed by atoms with Crippen LogP contribution in [0, 0.1) is 13.8 Å². The smallest absolute Gasteiger partial charge is 0.355 e. The maximum absolute atomic E-state index is 12.4. The zero-order valence-corrected chi connectivity index (χ0v) is 13.8. The molecule has 0 unspecified atom stereocenters. The van der Waals surface area contributed by atoms with Crippen LogP contribution in [0.1, 0.15) is 37.2 Å². The first-order valence-electron chi connectivity index (χ1n) is 7.15. The highest BCUT2D eigenvalue weighted by Crippen LogP contribution is 2.21. The average Bonchev–Trinajstić information content (AvgIpc) is 3.14. The lowest BCUT2D eigenvalue weighted by molar-refractivity contribution is 0.0690. The van der Waals surface area contributed by atoms with Crippen LogP contribution in [0.2, 0.25) is 0 Å². The van der Waals surface area contributed by atoms with Gasteiger partial charge in [0, 0.05) is 24.0 Å². The summed E-state index contributed by atoms with van der Waals surface area (Å²) in [6.45, 7) is 3.87. The molecule has 0 aliphatic heterocycles. The maximum atomic E-state index is 12.4. The van der Waals surface area contributed by atoms with Crippen molar-refractivity contribution in [3.8, 4) is 0 Å². The van der Waals surface area contributed by atoms with Crippen molar-refractivity contribution in [2.75, 3.05) is 6.54 Å². The molecule has 0 aliphatic rings. The van der Waals surface area contributed by atoms with E-state index < -0.39 is 5.97 Å². The number of carbonyl (C=O) groups excluding carboxylic acids is 1. The molecule has 0 saturated heterocycles. The first kappa shape index (κ1) is 16.1. The second-order valence-electron chi connectivity index (χ2n) is 5.20. The fraction of sp³-hybridized carbons (Fsp3) is 0.267. The lowest BCUT2D eigenvalue weighted by Crippen LogP contribution is -2.26. The van der Waals surface area contributed by atoms with E-state index in [4.69, 9.17) is 9.63 Å². The zero-order valence-electron chi connectivity index (χ0n) is 13.0. The zero-order chi connectivity index (χ0) is 17.3. The topological polar surface area (TPSA) is 118 Å². The van der Waals surface area contributed by atoms with Crippen LogP contribution >= 0.6 is 11.3 Å². The number of carbonyl (C=O) groups is 2. The number of nitrogens with zero attached hydrogens (tertiary/aromatic N) is 3. The molecule has 0 saturated carbocycles. The van der Waals surface area contributed by atoms with Crippen molar-refractivity contribution >= 4 is 34.3 Å². The second kappa shape index (κ2) is 6.36. The third-order valence-corrected chi connectivity index (χ3v) is 4.29. The number of aryl methyl sites for hydroxylation is 2. The van der Waals surface area contributed by atoms with Gasteiger partial charge in [-0.25, -0.2) is 14.8 Å². The Morgan fingerprint density at radius 1 is 1.33 bits per heavy atom. The Morgan fingerprint density at radius 2 is 2.12 bits per heavy atom. The SMILES string of the molecule is Cc1cc(C(=O)NCCc2nc(C(=O)O)cs2)c2c(C)noc2n1. The average molecular weight is 346 g/mol. The summed E-state index contributed by atoms with van der Waals surface area (Å²) in [5, 5.41) is 18.2. The Balaban J connectivity index is 1.71. The molecule has 8 nitrogen and oxygen atoms in total. The highest BCUT2D eigenvalue weighted by atomic mass is 32.1. The molecule has 0 radical (unpaired) electrons. The lowest BCUT2D eigenvalue weighted by Gasteiger charge is -2.06. The number of carboxylic acids is 1. The van der Waals surface area contributed by atoms with Gasteiger partial charge in [-0.05, 0) is 19.9 Å². The summed E-state index contributed by atoms with van der Waals surface area (Å²) < 4.78 is 5.11. The number of rotatable bonds is 5. The van der Waals surface area contributed by atoms with E-state index in [1.54, 1.807) is 19.9 Å². The van der Waals surface area contributed by atoms with Crippen molar-refractivity contribution in [3.05, 3.63) is 39.1 Å². The molecule has 0 spiro atoms. The van der Waals surface area contributed by atoms with Gasteiger partial charge in [0.25, 0.3) is 11.6 Å². The van der Waals surface area contributed by atoms with Crippen molar-refractivity contribution in [1.29, 1.82) is 0 Å². The Kier molecular flexibility index (Phi) is 4.26. The molecule has 2 N–H and O–H groups in total. The fourth-order valence-corrected chi connectivity index (χ4v) is 3.07. The van der Waals surface area contributed by atoms with Gasteiger partial charge in [-0.15, -0.1) is 11.3 Å². The van der Waals surface area contributed by atoms with Crippen LogP contribution in [0.15, 0.2) is 16.0 Å². The van der Waals surface area contributed by atoms with Crippen LogP contribution in [0.4, 0.5) is 0 Å². The Bertz CT molecular complexity index is 931. The molecule has 1 amide bonds. The van der Waals surface area contributed by atoms with Crippen molar-refractivity contribution in [3.63, 3.8) is 0 Å². The number of amides is 1. The minimum absolute atomic E-state index is 0.0212. The first-order valence-corrected chi connectivity index (χ1v) is 8.03. The number of carboxylic acid groups (broad SMARTS) is 1. The van der Waals surface area contributed by atoms with Gasteiger partial charge in [-0.3, -0.25) is 4.79 Å². The van der Waals surface area contributed by atoms with E-state index in [2.05, 4.69) is 20.4 Å². The van der Waals surface area contributed by atoms with E-state index >= 15 is 0 Å². The summed E-state index contributed by atoms with van der Waals surface area (Å²) in [5.74, 6) is -1.31. The van der Waals surface area contributed by atoms with Crippen LogP contribution in [0.25, 0.3) is 11.1 Å². The lowest BCUT2D eigenvalue weighted by atomic mass is 10.1. The highest BCUT2D eigenvalue weighted by molar-refractivity contribution is 7.09. The molecule has 3 rings (SSSR count). The molecule has 0 atom stereocenters. The predicted octanol–water partition coefficient (Wildman–Crippen LogP) is 1.97. The van der Waals surface area contributed by atoms with Crippen LogP contribution in [0.5, 0.6) is 0 Å². The van der Waals surface area contributed by atoms with Gasteiger partial charge in [0.15, 0.2) is 5.69 Å². The third kappa shape index (κ3) is 3.11. The van der Waals surface area contributed by atoms with E-state index in [0.717, 1.165) is 0 Å². The van der Waals surface area contributed by atoms with Gasteiger partial charge in [-0.2, -0.15) is 0 Å². The minimum atomic E-state index is -1.06. The van der Waals surface area contributed by atoms with E-state index in [1.807, 2.05) is 0 Å². The van der Waals surface area contributed by atoms with Crippen LogP contribution < -0.4 is 5.32 Å². The van der Waals surface area contributed by atoms with Crippen molar-refractivity contribution in [1.82, 2.24) is 20.4 Å². The summed E-state index contributed by atoms with van der Waals surface area (Å²) in [5.41, 5.74) is 2.08. The van der Waals surface area contributed by atoms with Gasteiger partial charge in [0.2, 0.25) is 0 Å². The number of hydrogen-bond donors (Lipinski definition) is 2. The molecule has 0 bridgehead atoms. The van der Waals surface area contributed by atoms with E-state index in [9.17, 15) is 9.59 Å². The Hall–Kier alpha value is -2.81. The predicted molar refractivity (Wildman–Crippen MR) is 86.4 cm³/mol. The largest absolute Gasteiger partial charge is 0.476 e. The van der Waals surface area contributed by atoms with Gasteiger partial charge < -0.3 is 14.9 Å². The molecule has 3 heterocycles. The summed E-state index contributed by atoms with van der Waals surface area (Å²) in [6.07, 6.45) is 0.458. The summed E-state index contributed by atoms with van der Waals surface area (Å²) >= 11 is 1.26. The molecular weight excluding hydrogens is 332 g/mol. The first-order chi connectivity index (χ1) is 11.5. The monoisotopic (exact) mass is 346 g/mol. The third-order valence-electron chi connectivity index (χ3n) is 3.39. The molecule has 9 heteroatoms. The van der Waals surface area contributed by atoms with Crippen molar-refractivity contribution in [2.24, 2.45) is 0 Å². The van der Waals surface area contributed by atoms with Gasteiger partial charge in [-0.1, -0.05) is 5.16 Å². The van der Waals surface area contributed by atoms with E-state index in [1.165, 1.54) is 16.7 Å².